The molecule has 1 aromatic heterocycles. The zero-order chi connectivity index (χ0) is 36.4. The number of aromatic hydroxyl groups is 1. The summed E-state index contributed by atoms with van der Waals surface area (Å²) in [6.45, 7) is 11.3. The number of phenols is 1. The highest BCUT2D eigenvalue weighted by Gasteiger charge is 2.40. The fourth-order valence-corrected chi connectivity index (χ4v) is 5.61. The summed E-state index contributed by atoms with van der Waals surface area (Å²) in [4.78, 5) is 66.4. The second-order valence-corrected chi connectivity index (χ2v) is 13.7. The number of carboxylic acid groups (broad SMARTS) is 2. The summed E-state index contributed by atoms with van der Waals surface area (Å²) >= 11 is 0. The van der Waals surface area contributed by atoms with E-state index < -0.39 is 47.1 Å². The first-order valence-corrected chi connectivity index (χ1v) is 15.5. The van der Waals surface area contributed by atoms with Crippen LogP contribution in [0.2, 0.25) is 0 Å². The number of benzene rings is 3. The molecule has 0 aliphatic carbocycles. The average molecular weight is 672 g/mol. The van der Waals surface area contributed by atoms with Crippen LogP contribution >= 0.6 is 0 Å². The standard InChI is InChI=1S/C36H41N5O8/c1-35(2,3)23-10-7-20(8-11-23)15-28(30(43)38-24-12-14-27-22(16-24)17-29(33(46)47)40(27)34(48)49)41(36(4,5)6)32(45)31(44)39-26-18-25(42)13-9-21(26)19-37/h7-14,16-18,28,42H,15,19,37H2,1-6H3,(H,38,43)(H,39,44)(H,46,47)(H,48,49)/t28-/m0/s1. The molecule has 0 bridgehead atoms. The topological polar surface area (TPSA) is 204 Å². The molecule has 13 heteroatoms. The third-order valence-corrected chi connectivity index (χ3v) is 8.04. The molecule has 0 fully saturated rings. The Bertz CT molecular complexity index is 1930. The van der Waals surface area contributed by atoms with Gasteiger partial charge in [0.05, 0.1) is 5.52 Å². The molecule has 3 aromatic carbocycles. The minimum Gasteiger partial charge on any atom is -0.508 e. The lowest BCUT2D eigenvalue weighted by molar-refractivity contribution is -0.151. The van der Waals surface area contributed by atoms with E-state index in [1.807, 2.05) is 24.3 Å². The van der Waals surface area contributed by atoms with Gasteiger partial charge in [-0.15, -0.1) is 0 Å². The van der Waals surface area contributed by atoms with E-state index in [2.05, 4.69) is 31.4 Å². The van der Waals surface area contributed by atoms with Crippen LogP contribution in [-0.2, 0) is 32.8 Å². The van der Waals surface area contributed by atoms with Crippen LogP contribution in [-0.4, -0.2) is 66.2 Å². The Morgan fingerprint density at radius 1 is 0.857 bits per heavy atom. The fourth-order valence-electron chi connectivity index (χ4n) is 5.61. The van der Waals surface area contributed by atoms with Crippen LogP contribution in [0.25, 0.3) is 10.9 Å². The number of nitrogens with two attached hydrogens (primary N) is 1. The number of aromatic nitrogens is 1. The Morgan fingerprint density at radius 2 is 1.51 bits per heavy atom. The van der Waals surface area contributed by atoms with Crippen LogP contribution in [0.5, 0.6) is 5.75 Å². The van der Waals surface area contributed by atoms with Crippen LogP contribution in [0, 0.1) is 0 Å². The number of aromatic carboxylic acids is 1. The van der Waals surface area contributed by atoms with Crippen LogP contribution in [0.15, 0.2) is 66.7 Å². The maximum Gasteiger partial charge on any atom is 0.416 e. The van der Waals surface area contributed by atoms with Crippen molar-refractivity contribution in [1.82, 2.24) is 9.47 Å². The quantitative estimate of drug-likeness (QED) is 0.137. The normalized spacial score (nSPS) is 12.3. The van der Waals surface area contributed by atoms with Gasteiger partial charge in [0.1, 0.15) is 17.5 Å². The van der Waals surface area contributed by atoms with Crippen molar-refractivity contribution in [3.05, 3.63) is 89.1 Å². The minimum absolute atomic E-state index is 0.0213. The number of carboxylic acids is 1. The van der Waals surface area contributed by atoms with E-state index in [1.54, 1.807) is 20.8 Å². The van der Waals surface area contributed by atoms with Crippen LogP contribution in [0.4, 0.5) is 16.2 Å². The summed E-state index contributed by atoms with van der Waals surface area (Å²) in [6, 6.07) is 16.0. The summed E-state index contributed by atoms with van der Waals surface area (Å²) in [5.74, 6) is -4.29. The van der Waals surface area contributed by atoms with Gasteiger partial charge in [-0.3, -0.25) is 14.4 Å². The molecular formula is C36H41N5O8. The van der Waals surface area contributed by atoms with E-state index in [0.717, 1.165) is 5.56 Å². The van der Waals surface area contributed by atoms with E-state index in [-0.39, 0.29) is 46.4 Å². The lowest BCUT2D eigenvalue weighted by Gasteiger charge is -2.40. The molecule has 49 heavy (non-hydrogen) atoms. The van der Waals surface area contributed by atoms with E-state index >= 15 is 0 Å². The van der Waals surface area contributed by atoms with E-state index in [9.17, 15) is 39.3 Å². The van der Waals surface area contributed by atoms with Crippen molar-refractivity contribution in [2.45, 2.75) is 71.5 Å². The molecule has 0 aliphatic rings. The number of hydrogen-bond donors (Lipinski definition) is 6. The molecule has 4 rings (SSSR count). The van der Waals surface area contributed by atoms with Crippen molar-refractivity contribution in [2.75, 3.05) is 10.6 Å². The SMILES string of the molecule is CC(C)(C)c1ccc(C[C@@H](C(=O)Nc2ccc3c(c2)cc(C(=O)O)n3C(=O)O)N(C(=O)C(=O)Nc2cc(O)ccc2CN)C(C)(C)C)cc1. The molecular weight excluding hydrogens is 630 g/mol. The van der Waals surface area contributed by atoms with E-state index in [4.69, 9.17) is 5.73 Å². The average Bonchev–Trinajstić information content (AvgIpc) is 3.39. The number of fused-ring (bicyclic) bond motifs is 1. The van der Waals surface area contributed by atoms with Crippen molar-refractivity contribution in [3.63, 3.8) is 0 Å². The monoisotopic (exact) mass is 671 g/mol. The van der Waals surface area contributed by atoms with Crippen LogP contribution < -0.4 is 16.4 Å². The first kappa shape index (κ1) is 36.2. The Morgan fingerprint density at radius 3 is 2.06 bits per heavy atom. The minimum atomic E-state index is -1.48. The maximum atomic E-state index is 14.2. The van der Waals surface area contributed by atoms with Crippen molar-refractivity contribution >= 4 is 52.1 Å². The zero-order valence-corrected chi connectivity index (χ0v) is 28.2. The van der Waals surface area contributed by atoms with Crippen molar-refractivity contribution in [1.29, 1.82) is 0 Å². The lowest BCUT2D eigenvalue weighted by atomic mass is 9.86. The Balaban J connectivity index is 1.75. The van der Waals surface area contributed by atoms with Gasteiger partial charge >= 0.3 is 23.9 Å². The van der Waals surface area contributed by atoms with Gasteiger partial charge in [0.25, 0.3) is 0 Å². The summed E-state index contributed by atoms with van der Waals surface area (Å²) in [7, 11) is 0. The van der Waals surface area contributed by atoms with Gasteiger partial charge in [-0.25, -0.2) is 14.2 Å². The number of amides is 3. The molecule has 0 unspecified atom stereocenters. The van der Waals surface area contributed by atoms with Gasteiger partial charge in [0, 0.05) is 41.3 Å². The van der Waals surface area contributed by atoms with Gasteiger partial charge in [-0.1, -0.05) is 51.1 Å². The molecule has 1 atom stereocenters. The molecule has 0 saturated carbocycles. The largest absolute Gasteiger partial charge is 0.508 e. The first-order valence-electron chi connectivity index (χ1n) is 15.5. The number of rotatable bonds is 8. The van der Waals surface area contributed by atoms with Gasteiger partial charge in [0.2, 0.25) is 5.91 Å². The number of phenolic OH excluding ortho intramolecular Hbond substituents is 1. The number of nitrogens with one attached hydrogen (secondary N) is 2. The van der Waals surface area contributed by atoms with Gasteiger partial charge < -0.3 is 36.6 Å². The molecule has 1 heterocycles. The van der Waals surface area contributed by atoms with Crippen molar-refractivity contribution in [3.8, 4) is 5.75 Å². The smallest absolute Gasteiger partial charge is 0.416 e. The van der Waals surface area contributed by atoms with Gasteiger partial charge in [-0.05, 0) is 73.2 Å². The molecule has 0 aliphatic heterocycles. The zero-order valence-electron chi connectivity index (χ0n) is 28.2. The number of hydrogen-bond acceptors (Lipinski definition) is 7. The summed E-state index contributed by atoms with van der Waals surface area (Å²) in [6.07, 6.45) is -1.46. The number of carbonyl (C=O) groups is 5. The predicted molar refractivity (Wildman–Crippen MR) is 185 cm³/mol. The van der Waals surface area contributed by atoms with Crippen LogP contribution in [0.3, 0.4) is 0 Å². The molecule has 7 N–H and O–H groups in total. The maximum absolute atomic E-state index is 14.2. The van der Waals surface area contributed by atoms with Gasteiger partial charge in [-0.2, -0.15) is 0 Å². The molecule has 3 amide bonds. The summed E-state index contributed by atoms with van der Waals surface area (Å²) in [5.41, 5.74) is 6.86. The van der Waals surface area contributed by atoms with Gasteiger partial charge in [0.15, 0.2) is 0 Å². The first-order chi connectivity index (χ1) is 22.8. The summed E-state index contributed by atoms with van der Waals surface area (Å²) in [5, 5.41) is 34.7. The fraction of sp³-hybridized carbons (Fsp3) is 0.306. The number of anilines is 2. The molecule has 13 nitrogen and oxygen atoms in total. The van der Waals surface area contributed by atoms with E-state index in [1.165, 1.54) is 47.4 Å². The number of carbonyl (C=O) groups excluding carboxylic acids is 3. The molecule has 0 saturated heterocycles. The van der Waals surface area contributed by atoms with Crippen molar-refractivity contribution < 1.29 is 39.3 Å². The highest BCUT2D eigenvalue weighted by atomic mass is 16.4. The third-order valence-electron chi connectivity index (χ3n) is 8.04. The Labute approximate surface area is 283 Å². The molecule has 0 radical (unpaired) electrons. The van der Waals surface area contributed by atoms with Crippen LogP contribution in [0.1, 0.15) is 68.7 Å². The highest BCUT2D eigenvalue weighted by molar-refractivity contribution is 6.40. The summed E-state index contributed by atoms with van der Waals surface area (Å²) < 4.78 is 0.633. The molecule has 258 valence electrons. The molecule has 0 spiro atoms. The Kier molecular flexibility index (Phi) is 10.2. The Hall–Kier alpha value is -5.69. The van der Waals surface area contributed by atoms with Crippen molar-refractivity contribution in [2.24, 2.45) is 5.73 Å². The predicted octanol–water partition coefficient (Wildman–Crippen LogP) is 5.14. The second-order valence-electron chi connectivity index (χ2n) is 13.7. The number of nitrogens with zero attached hydrogens (tertiary/aromatic N) is 2. The second kappa shape index (κ2) is 13.8. The highest BCUT2D eigenvalue weighted by Crippen LogP contribution is 2.28. The molecule has 4 aromatic rings. The van der Waals surface area contributed by atoms with E-state index in [0.29, 0.717) is 15.7 Å². The third kappa shape index (κ3) is 8.07. The lowest BCUT2D eigenvalue weighted by Crippen LogP contribution is -2.59.